The lowest BCUT2D eigenvalue weighted by atomic mass is 10.2. The minimum atomic E-state index is -0.541. The maximum atomic E-state index is 11.9. The summed E-state index contributed by atoms with van der Waals surface area (Å²) in [4.78, 5) is 16.1. The Morgan fingerprint density at radius 2 is 1.64 bits per heavy atom. The maximum Gasteiger partial charge on any atom is 0.363 e. The van der Waals surface area contributed by atoms with Crippen molar-refractivity contribution >= 4 is 52.7 Å². The monoisotopic (exact) mass is 351 g/mol. The molecular formula is C16H8Cl3NO2. The summed E-state index contributed by atoms with van der Waals surface area (Å²) in [5.41, 5.74) is 1.45. The summed E-state index contributed by atoms with van der Waals surface area (Å²) in [5.74, 6) is -0.404. The van der Waals surface area contributed by atoms with E-state index in [1.807, 2.05) is 0 Å². The van der Waals surface area contributed by atoms with Gasteiger partial charge >= 0.3 is 5.97 Å². The molecule has 0 saturated carbocycles. The Labute approximate surface area is 141 Å². The smallest absolute Gasteiger partial charge is 0.363 e. The van der Waals surface area contributed by atoms with Crippen molar-refractivity contribution in [3.05, 3.63) is 74.4 Å². The van der Waals surface area contributed by atoms with E-state index >= 15 is 0 Å². The van der Waals surface area contributed by atoms with Crippen LogP contribution in [0, 0.1) is 0 Å². The first-order valence-corrected chi connectivity index (χ1v) is 7.40. The molecule has 0 aromatic heterocycles. The number of nitrogens with zero attached hydrogens (tertiary/aromatic N) is 1. The Hall–Kier alpha value is -1.81. The highest BCUT2D eigenvalue weighted by Gasteiger charge is 2.25. The number of hydrogen-bond acceptors (Lipinski definition) is 3. The van der Waals surface area contributed by atoms with Gasteiger partial charge in [-0.15, -0.1) is 0 Å². The number of ether oxygens (including phenoxy) is 1. The van der Waals surface area contributed by atoms with Crippen molar-refractivity contribution in [1.29, 1.82) is 0 Å². The van der Waals surface area contributed by atoms with Crippen LogP contribution in [0.25, 0.3) is 6.08 Å². The van der Waals surface area contributed by atoms with Crippen molar-refractivity contribution in [2.24, 2.45) is 4.99 Å². The Morgan fingerprint density at radius 1 is 0.955 bits per heavy atom. The Balaban J connectivity index is 1.97. The summed E-state index contributed by atoms with van der Waals surface area (Å²) in [6.07, 6.45) is 1.62. The van der Waals surface area contributed by atoms with Gasteiger partial charge in [0, 0.05) is 10.0 Å². The highest BCUT2D eigenvalue weighted by atomic mass is 35.5. The van der Waals surface area contributed by atoms with Crippen molar-refractivity contribution < 1.29 is 9.53 Å². The van der Waals surface area contributed by atoms with Gasteiger partial charge in [0.15, 0.2) is 5.70 Å². The molecule has 1 aliphatic rings. The van der Waals surface area contributed by atoms with E-state index < -0.39 is 5.97 Å². The summed E-state index contributed by atoms with van der Waals surface area (Å²) in [6.45, 7) is 0. The van der Waals surface area contributed by atoms with Crippen LogP contribution in [-0.4, -0.2) is 11.9 Å². The van der Waals surface area contributed by atoms with Gasteiger partial charge in [-0.3, -0.25) is 0 Å². The third-order valence-corrected chi connectivity index (χ3v) is 3.77. The van der Waals surface area contributed by atoms with Gasteiger partial charge in [0.05, 0.1) is 10.6 Å². The molecule has 0 N–H and O–H groups in total. The molecule has 110 valence electrons. The van der Waals surface area contributed by atoms with E-state index in [1.54, 1.807) is 48.5 Å². The molecule has 0 spiro atoms. The molecule has 0 unspecified atom stereocenters. The second-order valence-electron chi connectivity index (χ2n) is 4.51. The fourth-order valence-corrected chi connectivity index (χ4v) is 2.40. The van der Waals surface area contributed by atoms with Gasteiger partial charge < -0.3 is 4.74 Å². The van der Waals surface area contributed by atoms with Gasteiger partial charge in [-0.25, -0.2) is 9.79 Å². The molecule has 2 aromatic rings. The largest absolute Gasteiger partial charge is 0.402 e. The predicted octanol–water partition coefficient (Wildman–Crippen LogP) is 4.99. The first kappa shape index (κ1) is 15.1. The molecule has 0 aliphatic carbocycles. The molecule has 0 bridgehead atoms. The van der Waals surface area contributed by atoms with E-state index in [2.05, 4.69) is 4.99 Å². The molecule has 0 fully saturated rings. The normalized spacial score (nSPS) is 15.9. The number of carbonyl (C=O) groups is 1. The Kier molecular flexibility index (Phi) is 4.21. The lowest BCUT2D eigenvalue weighted by Crippen LogP contribution is -2.06. The SMILES string of the molecule is O=C1OC(c2cc(Cl)ccc2Cl)=NC1=Cc1ccc(Cl)cc1. The van der Waals surface area contributed by atoms with Crippen molar-refractivity contribution in [1.82, 2.24) is 0 Å². The molecule has 6 heteroatoms. The van der Waals surface area contributed by atoms with E-state index in [9.17, 15) is 4.79 Å². The summed E-state index contributed by atoms with van der Waals surface area (Å²) in [6, 6.07) is 11.9. The zero-order valence-corrected chi connectivity index (χ0v) is 13.3. The van der Waals surface area contributed by atoms with Gasteiger partial charge in [0.2, 0.25) is 5.90 Å². The highest BCUT2D eigenvalue weighted by molar-refractivity contribution is 6.36. The minimum Gasteiger partial charge on any atom is -0.402 e. The quantitative estimate of drug-likeness (QED) is 0.564. The second-order valence-corrected chi connectivity index (χ2v) is 5.79. The third kappa shape index (κ3) is 3.17. The second kappa shape index (κ2) is 6.13. The van der Waals surface area contributed by atoms with Crippen LogP contribution in [0.2, 0.25) is 15.1 Å². The van der Waals surface area contributed by atoms with E-state index in [0.29, 0.717) is 20.6 Å². The van der Waals surface area contributed by atoms with E-state index in [1.165, 1.54) is 0 Å². The van der Waals surface area contributed by atoms with E-state index in [-0.39, 0.29) is 11.6 Å². The van der Waals surface area contributed by atoms with Gasteiger partial charge in [0.1, 0.15) is 0 Å². The molecule has 0 amide bonds. The fourth-order valence-electron chi connectivity index (χ4n) is 1.90. The number of benzene rings is 2. The molecular weight excluding hydrogens is 345 g/mol. The first-order valence-electron chi connectivity index (χ1n) is 6.26. The number of cyclic esters (lactones) is 1. The summed E-state index contributed by atoms with van der Waals surface area (Å²) >= 11 is 17.8. The van der Waals surface area contributed by atoms with Gasteiger partial charge in [0.25, 0.3) is 0 Å². The van der Waals surface area contributed by atoms with Crippen LogP contribution in [0.4, 0.5) is 0 Å². The zero-order valence-electron chi connectivity index (χ0n) is 11.0. The van der Waals surface area contributed by atoms with Crippen LogP contribution < -0.4 is 0 Å². The Morgan fingerprint density at radius 3 is 2.36 bits per heavy atom. The van der Waals surface area contributed by atoms with Crippen LogP contribution in [0.3, 0.4) is 0 Å². The van der Waals surface area contributed by atoms with E-state index in [4.69, 9.17) is 39.5 Å². The molecule has 2 aromatic carbocycles. The summed E-state index contributed by atoms with van der Waals surface area (Å²) in [5, 5.41) is 1.50. The van der Waals surface area contributed by atoms with Crippen LogP contribution in [-0.2, 0) is 9.53 Å². The molecule has 3 nitrogen and oxygen atoms in total. The standard InChI is InChI=1S/C16H8Cl3NO2/c17-10-3-1-9(2-4-10)7-14-16(21)22-15(20-14)12-8-11(18)5-6-13(12)19/h1-8H. The third-order valence-electron chi connectivity index (χ3n) is 2.95. The van der Waals surface area contributed by atoms with Gasteiger partial charge in [-0.05, 0) is 42.0 Å². The first-order chi connectivity index (χ1) is 10.5. The number of halogens is 3. The summed E-state index contributed by atoms with van der Waals surface area (Å²) in [7, 11) is 0. The lowest BCUT2D eigenvalue weighted by Gasteiger charge is -2.02. The van der Waals surface area contributed by atoms with Crippen molar-refractivity contribution in [3.8, 4) is 0 Å². The highest BCUT2D eigenvalue weighted by Crippen LogP contribution is 2.26. The average molecular weight is 353 g/mol. The van der Waals surface area contributed by atoms with Gasteiger partial charge in [-0.2, -0.15) is 0 Å². The van der Waals surface area contributed by atoms with Crippen molar-refractivity contribution in [3.63, 3.8) is 0 Å². The molecule has 0 radical (unpaired) electrons. The molecule has 22 heavy (non-hydrogen) atoms. The van der Waals surface area contributed by atoms with Crippen LogP contribution in [0.15, 0.2) is 53.2 Å². The topological polar surface area (TPSA) is 38.7 Å². The van der Waals surface area contributed by atoms with E-state index in [0.717, 1.165) is 5.56 Å². The van der Waals surface area contributed by atoms with Crippen LogP contribution >= 0.6 is 34.8 Å². The van der Waals surface area contributed by atoms with Crippen LogP contribution in [0.1, 0.15) is 11.1 Å². The summed E-state index contributed by atoms with van der Waals surface area (Å²) < 4.78 is 5.17. The molecule has 0 saturated heterocycles. The number of carbonyl (C=O) groups excluding carboxylic acids is 1. The molecule has 3 rings (SSSR count). The number of hydrogen-bond donors (Lipinski definition) is 0. The number of rotatable bonds is 2. The molecule has 1 heterocycles. The van der Waals surface area contributed by atoms with Crippen molar-refractivity contribution in [2.75, 3.05) is 0 Å². The lowest BCUT2D eigenvalue weighted by molar-refractivity contribution is -0.129. The number of esters is 1. The molecule has 1 aliphatic heterocycles. The van der Waals surface area contributed by atoms with Gasteiger partial charge in [-0.1, -0.05) is 46.9 Å². The molecule has 0 atom stereocenters. The Bertz CT molecular complexity index is 811. The fraction of sp³-hybridized carbons (Fsp3) is 0. The maximum absolute atomic E-state index is 11.9. The minimum absolute atomic E-state index is 0.137. The number of aliphatic imine (C=N–C) groups is 1. The van der Waals surface area contributed by atoms with Crippen molar-refractivity contribution in [2.45, 2.75) is 0 Å². The van der Waals surface area contributed by atoms with Crippen LogP contribution in [0.5, 0.6) is 0 Å². The zero-order chi connectivity index (χ0) is 15.7. The average Bonchev–Trinajstić information content (AvgIpc) is 2.85. The predicted molar refractivity (Wildman–Crippen MR) is 88.5 cm³/mol.